The molecule has 2 rings (SSSR count). The van der Waals surface area contributed by atoms with Gasteiger partial charge in [-0.3, -0.25) is 0 Å². The summed E-state index contributed by atoms with van der Waals surface area (Å²) in [6.45, 7) is 0.616. The minimum absolute atomic E-state index is 0.174. The van der Waals surface area contributed by atoms with Gasteiger partial charge in [-0.15, -0.1) is 13.2 Å². The van der Waals surface area contributed by atoms with Gasteiger partial charge in [0.15, 0.2) is 0 Å². The smallest absolute Gasteiger partial charge is 0.486 e. The standard InChI is InChI=1S/C18H20F3NO2.C4H4O4/c19-18(20,21)24-16-11-9-15(10-12-16)23-17(8-4-5-13-22)14-6-2-1-3-7-14;5-3(6)1-2-4(7)8/h1-3,6-7,9-12,17H,4-5,8,13,22H2;1-2H,(H,5,6)(H,7,8)/b;2-1+/t17-;/m1./s1. The van der Waals surface area contributed by atoms with Crippen LogP contribution in [-0.2, 0) is 9.59 Å². The van der Waals surface area contributed by atoms with E-state index in [1.165, 1.54) is 24.3 Å². The predicted molar refractivity (Wildman–Crippen MR) is 110 cm³/mol. The number of halogens is 3. The number of rotatable bonds is 10. The van der Waals surface area contributed by atoms with Crippen molar-refractivity contribution in [3.8, 4) is 11.5 Å². The lowest BCUT2D eigenvalue weighted by atomic mass is 10.0. The Balaban J connectivity index is 0.000000547. The van der Waals surface area contributed by atoms with Crippen molar-refractivity contribution in [1.82, 2.24) is 0 Å². The molecule has 0 saturated carbocycles. The Morgan fingerprint density at radius 3 is 1.91 bits per heavy atom. The van der Waals surface area contributed by atoms with E-state index >= 15 is 0 Å². The lowest BCUT2D eigenvalue weighted by molar-refractivity contribution is -0.274. The van der Waals surface area contributed by atoms with E-state index in [4.69, 9.17) is 20.7 Å². The van der Waals surface area contributed by atoms with Crippen LogP contribution in [0.4, 0.5) is 13.2 Å². The van der Waals surface area contributed by atoms with Crippen molar-refractivity contribution >= 4 is 11.9 Å². The van der Waals surface area contributed by atoms with Crippen molar-refractivity contribution in [1.29, 1.82) is 0 Å². The highest BCUT2D eigenvalue weighted by molar-refractivity contribution is 5.89. The van der Waals surface area contributed by atoms with Gasteiger partial charge >= 0.3 is 18.3 Å². The van der Waals surface area contributed by atoms with E-state index < -0.39 is 18.3 Å². The number of carboxylic acid groups (broad SMARTS) is 2. The van der Waals surface area contributed by atoms with Gasteiger partial charge < -0.3 is 25.4 Å². The highest BCUT2D eigenvalue weighted by atomic mass is 19.4. The molecule has 7 nitrogen and oxygen atoms in total. The van der Waals surface area contributed by atoms with Gasteiger partial charge in [0, 0.05) is 12.2 Å². The summed E-state index contributed by atoms with van der Waals surface area (Å²) in [4.78, 5) is 19.1. The van der Waals surface area contributed by atoms with E-state index in [0.717, 1.165) is 24.8 Å². The summed E-state index contributed by atoms with van der Waals surface area (Å²) < 4.78 is 46.4. The molecular formula is C22H24F3NO6. The van der Waals surface area contributed by atoms with Gasteiger partial charge in [-0.05, 0) is 55.6 Å². The molecule has 0 heterocycles. The van der Waals surface area contributed by atoms with Crippen LogP contribution in [0.25, 0.3) is 0 Å². The summed E-state index contributed by atoms with van der Waals surface area (Å²) in [5.74, 6) is -2.29. The van der Waals surface area contributed by atoms with Crippen LogP contribution in [0, 0.1) is 0 Å². The second-order valence-corrected chi connectivity index (χ2v) is 6.33. The normalized spacial score (nSPS) is 11.9. The molecule has 0 unspecified atom stereocenters. The fourth-order valence-electron chi connectivity index (χ4n) is 2.46. The van der Waals surface area contributed by atoms with E-state index in [9.17, 15) is 22.8 Å². The van der Waals surface area contributed by atoms with Crippen LogP contribution in [0.3, 0.4) is 0 Å². The summed E-state index contributed by atoms with van der Waals surface area (Å²) in [7, 11) is 0. The van der Waals surface area contributed by atoms with Crippen LogP contribution in [0.15, 0.2) is 66.7 Å². The number of benzene rings is 2. The third-order valence-electron chi connectivity index (χ3n) is 3.80. The number of nitrogens with two attached hydrogens (primary N) is 1. The largest absolute Gasteiger partial charge is 0.573 e. The number of hydrogen-bond acceptors (Lipinski definition) is 5. The Bertz CT molecular complexity index is 838. The zero-order valence-corrected chi connectivity index (χ0v) is 17.0. The van der Waals surface area contributed by atoms with E-state index in [0.29, 0.717) is 24.4 Å². The van der Waals surface area contributed by atoms with Crippen molar-refractivity contribution < 1.29 is 42.4 Å². The maximum Gasteiger partial charge on any atom is 0.573 e. The quantitative estimate of drug-likeness (QED) is 0.355. The SMILES string of the molecule is NCCCC[C@@H](Oc1ccc(OC(F)(F)F)cc1)c1ccccc1.O=C(O)/C=C/C(=O)O. The maximum atomic E-state index is 12.2. The first-order valence-electron chi connectivity index (χ1n) is 9.52. The summed E-state index contributed by atoms with van der Waals surface area (Å²) >= 11 is 0. The number of unbranched alkanes of at least 4 members (excludes halogenated alkanes) is 1. The average Bonchev–Trinajstić information content (AvgIpc) is 2.73. The molecule has 0 radical (unpaired) electrons. The number of carbonyl (C=O) groups is 2. The number of hydrogen-bond donors (Lipinski definition) is 3. The van der Waals surface area contributed by atoms with Gasteiger partial charge in [0.1, 0.15) is 17.6 Å². The Kier molecular flexibility index (Phi) is 11.4. The first kappa shape index (κ1) is 26.5. The molecule has 0 aliphatic rings. The molecule has 0 amide bonds. The lowest BCUT2D eigenvalue weighted by Crippen LogP contribution is -2.17. The van der Waals surface area contributed by atoms with Crippen LogP contribution in [0.2, 0.25) is 0 Å². The van der Waals surface area contributed by atoms with Crippen molar-refractivity contribution in [2.45, 2.75) is 31.7 Å². The second-order valence-electron chi connectivity index (χ2n) is 6.33. The number of aliphatic carboxylic acids is 2. The fourth-order valence-corrected chi connectivity index (χ4v) is 2.46. The van der Waals surface area contributed by atoms with Crippen LogP contribution < -0.4 is 15.2 Å². The molecule has 0 bridgehead atoms. The van der Waals surface area contributed by atoms with Gasteiger partial charge in [0.25, 0.3) is 0 Å². The zero-order valence-electron chi connectivity index (χ0n) is 17.0. The second kappa shape index (κ2) is 13.7. The van der Waals surface area contributed by atoms with Crippen LogP contribution in [0.1, 0.15) is 30.9 Å². The van der Waals surface area contributed by atoms with Gasteiger partial charge in [0.2, 0.25) is 0 Å². The van der Waals surface area contributed by atoms with E-state index in [1.54, 1.807) is 0 Å². The summed E-state index contributed by atoms with van der Waals surface area (Å²) in [6.07, 6.45) is -1.17. The molecule has 32 heavy (non-hydrogen) atoms. The van der Waals surface area contributed by atoms with Crippen molar-refractivity contribution in [3.63, 3.8) is 0 Å². The Labute approximate surface area is 182 Å². The number of carboxylic acids is 2. The van der Waals surface area contributed by atoms with Crippen molar-refractivity contribution in [3.05, 3.63) is 72.3 Å². The fraction of sp³-hybridized carbons (Fsp3) is 0.273. The molecule has 2 aromatic carbocycles. The highest BCUT2D eigenvalue weighted by Gasteiger charge is 2.31. The number of ether oxygens (including phenoxy) is 2. The molecule has 10 heteroatoms. The van der Waals surface area contributed by atoms with Crippen LogP contribution >= 0.6 is 0 Å². The highest BCUT2D eigenvalue weighted by Crippen LogP contribution is 2.29. The molecule has 1 atom stereocenters. The summed E-state index contributed by atoms with van der Waals surface area (Å²) in [6, 6.07) is 15.1. The van der Waals surface area contributed by atoms with Gasteiger partial charge in [-0.2, -0.15) is 0 Å². The zero-order chi connectivity index (χ0) is 24.0. The predicted octanol–water partition coefficient (Wildman–Crippen LogP) is 4.55. The molecule has 0 saturated heterocycles. The topological polar surface area (TPSA) is 119 Å². The minimum atomic E-state index is -4.70. The Hall–Kier alpha value is -3.53. The molecule has 0 aromatic heterocycles. The van der Waals surface area contributed by atoms with E-state index in [-0.39, 0.29) is 11.9 Å². The average molecular weight is 455 g/mol. The van der Waals surface area contributed by atoms with E-state index in [2.05, 4.69) is 4.74 Å². The van der Waals surface area contributed by atoms with Crippen molar-refractivity contribution in [2.75, 3.05) is 6.54 Å². The lowest BCUT2D eigenvalue weighted by Gasteiger charge is -2.20. The Morgan fingerprint density at radius 2 is 1.44 bits per heavy atom. The molecule has 174 valence electrons. The van der Waals surface area contributed by atoms with Crippen LogP contribution in [0.5, 0.6) is 11.5 Å². The molecular weight excluding hydrogens is 431 g/mol. The number of alkyl halides is 3. The maximum absolute atomic E-state index is 12.2. The van der Waals surface area contributed by atoms with Crippen LogP contribution in [-0.4, -0.2) is 35.1 Å². The molecule has 0 aliphatic carbocycles. The van der Waals surface area contributed by atoms with Crippen molar-refractivity contribution in [2.24, 2.45) is 5.73 Å². The molecule has 0 aliphatic heterocycles. The van der Waals surface area contributed by atoms with Gasteiger partial charge in [0.05, 0.1) is 0 Å². The van der Waals surface area contributed by atoms with Gasteiger partial charge in [-0.1, -0.05) is 30.3 Å². The molecule has 0 spiro atoms. The first-order valence-corrected chi connectivity index (χ1v) is 9.52. The third-order valence-corrected chi connectivity index (χ3v) is 3.80. The first-order chi connectivity index (χ1) is 15.1. The molecule has 0 fully saturated rings. The molecule has 2 aromatic rings. The van der Waals surface area contributed by atoms with Gasteiger partial charge in [-0.25, -0.2) is 9.59 Å². The molecule has 4 N–H and O–H groups in total. The summed E-state index contributed by atoms with van der Waals surface area (Å²) in [5.41, 5.74) is 6.55. The monoisotopic (exact) mass is 455 g/mol. The minimum Gasteiger partial charge on any atom is -0.486 e. The Morgan fingerprint density at radius 1 is 0.906 bits per heavy atom. The third kappa shape index (κ3) is 12.2. The summed E-state index contributed by atoms with van der Waals surface area (Å²) in [5, 5.41) is 15.6. The van der Waals surface area contributed by atoms with E-state index in [1.807, 2.05) is 30.3 Å².